The summed E-state index contributed by atoms with van der Waals surface area (Å²) in [7, 11) is 1.89. The van der Waals surface area contributed by atoms with Gasteiger partial charge in [0.15, 0.2) is 0 Å². The Balaban J connectivity index is 2.17. The van der Waals surface area contributed by atoms with E-state index in [1.165, 1.54) is 19.3 Å². The number of rotatable bonds is 2. The van der Waals surface area contributed by atoms with E-state index in [4.69, 9.17) is 0 Å². The molecule has 1 N–H and O–H groups in total. The lowest BCUT2D eigenvalue weighted by atomic mass is 9.75. The summed E-state index contributed by atoms with van der Waals surface area (Å²) in [6, 6.07) is 2.70. The predicted octanol–water partition coefficient (Wildman–Crippen LogP) is 2.98. The Bertz CT molecular complexity index is 479. The van der Waals surface area contributed by atoms with E-state index in [0.29, 0.717) is 17.0 Å². The maximum absolute atomic E-state index is 9.20. The zero-order valence-corrected chi connectivity index (χ0v) is 11.7. The molecule has 4 nitrogen and oxygen atoms in total. The van der Waals surface area contributed by atoms with Crippen LogP contribution in [0.4, 0.5) is 5.82 Å². The molecule has 1 aliphatic carbocycles. The van der Waals surface area contributed by atoms with Crippen molar-refractivity contribution in [2.45, 2.75) is 52.5 Å². The molecule has 0 radical (unpaired) electrons. The average Bonchev–Trinajstić information content (AvgIpc) is 2.52. The number of nitrogens with one attached hydrogen (secondary N) is 1. The monoisotopic (exact) mass is 246 g/mol. The zero-order valence-electron chi connectivity index (χ0n) is 11.7. The predicted molar refractivity (Wildman–Crippen MR) is 72.3 cm³/mol. The number of hydrogen-bond acceptors (Lipinski definition) is 3. The summed E-state index contributed by atoms with van der Waals surface area (Å²) in [5.41, 5.74) is 1.88. The third-order valence-corrected chi connectivity index (χ3v) is 3.88. The molecule has 98 valence electrons. The van der Waals surface area contributed by atoms with Crippen LogP contribution in [-0.4, -0.2) is 15.8 Å². The van der Waals surface area contributed by atoms with Gasteiger partial charge in [0.25, 0.3) is 0 Å². The second-order valence-corrected chi connectivity index (χ2v) is 6.15. The third kappa shape index (κ3) is 2.50. The van der Waals surface area contributed by atoms with E-state index in [1.54, 1.807) is 4.68 Å². The largest absolute Gasteiger partial charge is 0.366 e. The molecule has 0 aliphatic heterocycles. The summed E-state index contributed by atoms with van der Waals surface area (Å²) in [4.78, 5) is 0. The Kier molecular flexibility index (Phi) is 3.34. The smallest absolute Gasteiger partial charge is 0.142 e. The second kappa shape index (κ2) is 4.64. The average molecular weight is 246 g/mol. The molecule has 0 spiro atoms. The fourth-order valence-electron chi connectivity index (χ4n) is 2.97. The highest BCUT2D eigenvalue weighted by molar-refractivity contribution is 5.55. The first kappa shape index (κ1) is 12.9. The van der Waals surface area contributed by atoms with Gasteiger partial charge < -0.3 is 5.32 Å². The van der Waals surface area contributed by atoms with Crippen molar-refractivity contribution in [2.24, 2.45) is 12.5 Å². The SMILES string of the molecule is Cc1nn(C)c(NC2CCCC(C)(C)C2)c1C#N. The number of aryl methyl sites for hydroxylation is 2. The Labute approximate surface area is 109 Å². The van der Waals surface area contributed by atoms with Crippen LogP contribution < -0.4 is 5.32 Å². The maximum Gasteiger partial charge on any atom is 0.142 e. The van der Waals surface area contributed by atoms with Gasteiger partial charge in [0.1, 0.15) is 17.5 Å². The third-order valence-electron chi connectivity index (χ3n) is 3.88. The molecule has 18 heavy (non-hydrogen) atoms. The van der Waals surface area contributed by atoms with E-state index >= 15 is 0 Å². The molecule has 0 saturated heterocycles. The molecular formula is C14H22N4. The lowest BCUT2D eigenvalue weighted by Gasteiger charge is -2.36. The summed E-state index contributed by atoms with van der Waals surface area (Å²) in [5, 5.41) is 17.0. The molecule has 1 fully saturated rings. The minimum absolute atomic E-state index is 0.399. The van der Waals surface area contributed by atoms with Crippen molar-refractivity contribution in [2.75, 3.05) is 5.32 Å². The summed E-state index contributed by atoms with van der Waals surface area (Å²) in [6.45, 7) is 6.52. The van der Waals surface area contributed by atoms with E-state index < -0.39 is 0 Å². The van der Waals surface area contributed by atoms with Crippen LogP contribution in [0.3, 0.4) is 0 Å². The van der Waals surface area contributed by atoms with E-state index in [1.807, 2.05) is 14.0 Å². The van der Waals surface area contributed by atoms with Gasteiger partial charge in [-0.25, -0.2) is 0 Å². The number of nitrogens with zero attached hydrogens (tertiary/aromatic N) is 3. The van der Waals surface area contributed by atoms with Crippen LogP contribution in [0.2, 0.25) is 0 Å². The summed E-state index contributed by atoms with van der Waals surface area (Å²) in [6.07, 6.45) is 4.88. The van der Waals surface area contributed by atoms with Gasteiger partial charge in [-0.3, -0.25) is 4.68 Å². The molecule has 1 heterocycles. The van der Waals surface area contributed by atoms with Crippen LogP contribution in [0.1, 0.15) is 50.8 Å². The van der Waals surface area contributed by atoms with Gasteiger partial charge >= 0.3 is 0 Å². The lowest BCUT2D eigenvalue weighted by molar-refractivity contribution is 0.229. The van der Waals surface area contributed by atoms with E-state index in [2.05, 4.69) is 30.3 Å². The van der Waals surface area contributed by atoms with E-state index in [9.17, 15) is 5.26 Å². The standard InChI is InChI=1S/C14H22N4/c1-10-12(9-15)13(18(4)17-10)16-11-6-5-7-14(2,3)8-11/h11,16H,5-8H2,1-4H3. The highest BCUT2D eigenvalue weighted by atomic mass is 15.3. The Hall–Kier alpha value is -1.50. The van der Waals surface area contributed by atoms with Gasteiger partial charge in [-0.15, -0.1) is 0 Å². The van der Waals surface area contributed by atoms with Crippen molar-refractivity contribution < 1.29 is 0 Å². The van der Waals surface area contributed by atoms with Crippen LogP contribution in [-0.2, 0) is 7.05 Å². The number of hydrogen-bond donors (Lipinski definition) is 1. The first-order chi connectivity index (χ1) is 8.43. The van der Waals surface area contributed by atoms with Crippen molar-refractivity contribution in [1.82, 2.24) is 9.78 Å². The van der Waals surface area contributed by atoms with Crippen LogP contribution in [0.15, 0.2) is 0 Å². The molecule has 1 saturated carbocycles. The van der Waals surface area contributed by atoms with Crippen LogP contribution in [0.25, 0.3) is 0 Å². The quantitative estimate of drug-likeness (QED) is 0.872. The zero-order chi connectivity index (χ0) is 13.3. The number of anilines is 1. The van der Waals surface area contributed by atoms with Gasteiger partial charge in [-0.1, -0.05) is 20.3 Å². The Morgan fingerprint density at radius 2 is 2.22 bits per heavy atom. The highest BCUT2D eigenvalue weighted by Crippen LogP contribution is 2.36. The molecule has 1 aliphatic rings. The molecule has 1 unspecified atom stereocenters. The number of aromatic nitrogens is 2. The normalized spacial score (nSPS) is 22.5. The molecule has 1 aromatic rings. The molecule has 2 rings (SSSR count). The molecule has 4 heteroatoms. The van der Waals surface area contributed by atoms with Crippen LogP contribution in [0.5, 0.6) is 0 Å². The van der Waals surface area contributed by atoms with Crippen molar-refractivity contribution in [1.29, 1.82) is 5.26 Å². The molecule has 1 atom stereocenters. The summed E-state index contributed by atoms with van der Waals surface area (Å²) < 4.78 is 1.79. The summed E-state index contributed by atoms with van der Waals surface area (Å²) in [5.74, 6) is 0.873. The Morgan fingerprint density at radius 1 is 1.50 bits per heavy atom. The second-order valence-electron chi connectivity index (χ2n) is 6.15. The van der Waals surface area contributed by atoms with Crippen molar-refractivity contribution >= 4 is 5.82 Å². The minimum atomic E-state index is 0.399. The van der Waals surface area contributed by atoms with Crippen molar-refractivity contribution in [3.05, 3.63) is 11.3 Å². The molecule has 1 aromatic heterocycles. The molecule has 0 bridgehead atoms. The first-order valence-corrected chi connectivity index (χ1v) is 6.63. The number of nitriles is 1. The summed E-state index contributed by atoms with van der Waals surface area (Å²) >= 11 is 0. The van der Waals surface area contributed by atoms with Gasteiger partial charge in [-0.2, -0.15) is 10.4 Å². The Morgan fingerprint density at radius 3 is 2.83 bits per heavy atom. The highest BCUT2D eigenvalue weighted by Gasteiger charge is 2.29. The van der Waals surface area contributed by atoms with E-state index in [-0.39, 0.29) is 0 Å². The molecule has 0 aromatic carbocycles. The van der Waals surface area contributed by atoms with Crippen LogP contribution in [0, 0.1) is 23.7 Å². The van der Waals surface area contributed by atoms with Gasteiger partial charge in [0.2, 0.25) is 0 Å². The topological polar surface area (TPSA) is 53.6 Å². The van der Waals surface area contributed by atoms with Gasteiger partial charge in [0.05, 0.1) is 5.69 Å². The van der Waals surface area contributed by atoms with Crippen molar-refractivity contribution in [3.63, 3.8) is 0 Å². The van der Waals surface area contributed by atoms with Crippen molar-refractivity contribution in [3.8, 4) is 6.07 Å². The first-order valence-electron chi connectivity index (χ1n) is 6.63. The van der Waals surface area contributed by atoms with E-state index in [0.717, 1.165) is 17.9 Å². The molecule has 0 amide bonds. The fraction of sp³-hybridized carbons (Fsp3) is 0.714. The molecular weight excluding hydrogens is 224 g/mol. The minimum Gasteiger partial charge on any atom is -0.366 e. The van der Waals surface area contributed by atoms with Gasteiger partial charge in [0, 0.05) is 13.1 Å². The lowest BCUT2D eigenvalue weighted by Crippen LogP contribution is -2.32. The van der Waals surface area contributed by atoms with Crippen LogP contribution >= 0.6 is 0 Å². The fourth-order valence-corrected chi connectivity index (χ4v) is 2.97. The van der Waals surface area contributed by atoms with Gasteiger partial charge in [-0.05, 0) is 31.6 Å². The maximum atomic E-state index is 9.20.